The number of nitrogens with one attached hydrogen (secondary N) is 3. The van der Waals surface area contributed by atoms with Crippen LogP contribution in [0.5, 0.6) is 0 Å². The van der Waals surface area contributed by atoms with Crippen molar-refractivity contribution in [1.29, 1.82) is 0 Å². The molecule has 0 aromatic rings. The van der Waals surface area contributed by atoms with Crippen molar-refractivity contribution in [3.05, 3.63) is 0 Å². The Hall–Kier alpha value is -2.38. The van der Waals surface area contributed by atoms with Crippen molar-refractivity contribution in [2.45, 2.75) is 57.0 Å². The van der Waals surface area contributed by atoms with Crippen molar-refractivity contribution >= 4 is 42.2 Å². The minimum Gasteiger partial charge on any atom is -0.480 e. The highest BCUT2D eigenvalue weighted by Crippen LogP contribution is 2.01. The minimum absolute atomic E-state index is 0.153. The molecule has 4 amide bonds. The average molecular weight is 421 g/mol. The standard InChI is InChI=1S/C15H27N5O7S/c1-6(15(26)27)18-12(23)8(3-4-10(16)22)19-13(24)9(5-28)20-14(25)11(17)7(2)21/h6-9,11,21,28H,3-5,17H2,1-2H3,(H2,16,22)(H,18,23)(H,19,24)(H,20,25)(H,26,27). The molecule has 0 aliphatic carbocycles. The van der Waals surface area contributed by atoms with Gasteiger partial charge in [-0.05, 0) is 20.3 Å². The van der Waals surface area contributed by atoms with Crippen LogP contribution in [0.4, 0.5) is 0 Å². The number of primary amides is 1. The van der Waals surface area contributed by atoms with E-state index in [0.29, 0.717) is 0 Å². The summed E-state index contributed by atoms with van der Waals surface area (Å²) in [6.45, 7) is 2.52. The highest BCUT2D eigenvalue weighted by atomic mass is 32.1. The first-order valence-electron chi connectivity index (χ1n) is 8.37. The summed E-state index contributed by atoms with van der Waals surface area (Å²) in [6, 6.07) is -4.97. The van der Waals surface area contributed by atoms with E-state index in [9.17, 15) is 29.1 Å². The molecule has 0 rings (SSSR count). The molecule has 5 unspecified atom stereocenters. The third-order valence-corrected chi connectivity index (χ3v) is 4.04. The SMILES string of the molecule is CC(NC(=O)C(CCC(N)=O)NC(=O)C(CS)NC(=O)C(N)C(C)O)C(=O)O. The second-order valence-corrected chi connectivity index (χ2v) is 6.51. The maximum Gasteiger partial charge on any atom is 0.325 e. The number of hydrogen-bond acceptors (Lipinski definition) is 8. The zero-order chi connectivity index (χ0) is 22.0. The van der Waals surface area contributed by atoms with E-state index in [-0.39, 0.29) is 18.6 Å². The Labute approximate surface area is 167 Å². The van der Waals surface area contributed by atoms with Gasteiger partial charge in [0, 0.05) is 12.2 Å². The first-order chi connectivity index (χ1) is 12.9. The smallest absolute Gasteiger partial charge is 0.325 e. The lowest BCUT2D eigenvalue weighted by Crippen LogP contribution is -2.58. The van der Waals surface area contributed by atoms with Gasteiger partial charge < -0.3 is 37.6 Å². The molecular weight excluding hydrogens is 394 g/mol. The number of thiol groups is 1. The fourth-order valence-corrected chi connectivity index (χ4v) is 2.14. The maximum absolute atomic E-state index is 12.4. The molecule has 0 saturated carbocycles. The summed E-state index contributed by atoms with van der Waals surface area (Å²) in [4.78, 5) is 58.4. The van der Waals surface area contributed by atoms with Gasteiger partial charge in [-0.25, -0.2) is 0 Å². The Bertz CT molecular complexity index is 601. The lowest BCUT2D eigenvalue weighted by Gasteiger charge is -2.24. The van der Waals surface area contributed by atoms with Gasteiger partial charge in [-0.15, -0.1) is 0 Å². The quantitative estimate of drug-likeness (QED) is 0.147. The normalized spacial score (nSPS) is 16.0. The molecule has 5 atom stereocenters. The number of carboxylic acid groups (broad SMARTS) is 1. The van der Waals surface area contributed by atoms with Crippen LogP contribution in [0.25, 0.3) is 0 Å². The van der Waals surface area contributed by atoms with Crippen LogP contribution >= 0.6 is 12.6 Å². The van der Waals surface area contributed by atoms with Crippen LogP contribution in [0, 0.1) is 0 Å². The van der Waals surface area contributed by atoms with Gasteiger partial charge in [0.05, 0.1) is 6.10 Å². The van der Waals surface area contributed by atoms with Crippen LogP contribution in [0.15, 0.2) is 0 Å². The van der Waals surface area contributed by atoms with Crippen LogP contribution in [-0.4, -0.2) is 75.8 Å². The number of aliphatic hydroxyl groups is 1. The Morgan fingerprint density at radius 2 is 1.46 bits per heavy atom. The number of rotatable bonds is 12. The summed E-state index contributed by atoms with van der Waals surface area (Å²) in [5, 5.41) is 25.0. The Morgan fingerprint density at radius 3 is 1.89 bits per heavy atom. The van der Waals surface area contributed by atoms with Crippen molar-refractivity contribution in [1.82, 2.24) is 16.0 Å². The summed E-state index contributed by atoms with van der Waals surface area (Å²) in [7, 11) is 0. The molecule has 0 aliphatic rings. The number of aliphatic carboxylic acids is 1. The molecule has 0 saturated heterocycles. The van der Waals surface area contributed by atoms with E-state index in [2.05, 4.69) is 28.6 Å². The van der Waals surface area contributed by atoms with E-state index in [1.54, 1.807) is 0 Å². The molecule has 0 heterocycles. The first kappa shape index (κ1) is 25.6. The lowest BCUT2D eigenvalue weighted by atomic mass is 10.1. The van der Waals surface area contributed by atoms with E-state index in [1.165, 1.54) is 13.8 Å². The van der Waals surface area contributed by atoms with E-state index < -0.39 is 59.9 Å². The summed E-state index contributed by atoms with van der Waals surface area (Å²) < 4.78 is 0. The van der Waals surface area contributed by atoms with E-state index >= 15 is 0 Å². The van der Waals surface area contributed by atoms with E-state index in [1.807, 2.05) is 0 Å². The number of carbonyl (C=O) groups excluding carboxylic acids is 4. The Kier molecular flexibility index (Phi) is 11.1. The monoisotopic (exact) mass is 421 g/mol. The van der Waals surface area contributed by atoms with Crippen LogP contribution < -0.4 is 27.4 Å². The van der Waals surface area contributed by atoms with Gasteiger partial charge >= 0.3 is 5.97 Å². The molecule has 28 heavy (non-hydrogen) atoms. The minimum atomic E-state index is -1.29. The van der Waals surface area contributed by atoms with Crippen molar-refractivity contribution in [2.24, 2.45) is 11.5 Å². The molecule has 13 heteroatoms. The summed E-state index contributed by atoms with van der Waals surface area (Å²) in [5.41, 5.74) is 10.5. The molecule has 9 N–H and O–H groups in total. The van der Waals surface area contributed by atoms with Crippen molar-refractivity contribution in [3.63, 3.8) is 0 Å². The van der Waals surface area contributed by atoms with Crippen molar-refractivity contribution in [2.75, 3.05) is 5.75 Å². The van der Waals surface area contributed by atoms with Crippen LogP contribution in [0.2, 0.25) is 0 Å². The predicted molar refractivity (Wildman–Crippen MR) is 101 cm³/mol. The second kappa shape index (κ2) is 12.2. The molecule has 0 aliphatic heterocycles. The van der Waals surface area contributed by atoms with Crippen LogP contribution in [0.3, 0.4) is 0 Å². The second-order valence-electron chi connectivity index (χ2n) is 6.14. The number of hydrogen-bond donors (Lipinski definition) is 8. The van der Waals surface area contributed by atoms with Gasteiger partial charge in [-0.3, -0.25) is 24.0 Å². The Balaban J connectivity index is 5.16. The van der Waals surface area contributed by atoms with Gasteiger partial charge in [0.15, 0.2) is 0 Å². The van der Waals surface area contributed by atoms with Gasteiger partial charge in [-0.1, -0.05) is 0 Å². The van der Waals surface area contributed by atoms with Crippen LogP contribution in [0.1, 0.15) is 26.7 Å². The van der Waals surface area contributed by atoms with Crippen LogP contribution in [-0.2, 0) is 24.0 Å². The first-order valence-corrected chi connectivity index (χ1v) is 9.00. The molecule has 0 spiro atoms. The number of carbonyl (C=O) groups is 5. The maximum atomic E-state index is 12.4. The molecule has 0 aromatic carbocycles. The number of aliphatic hydroxyl groups excluding tert-OH is 1. The molecule has 160 valence electrons. The molecule has 0 radical (unpaired) electrons. The zero-order valence-electron chi connectivity index (χ0n) is 15.5. The summed E-state index contributed by atoms with van der Waals surface area (Å²) in [5.74, 6) is -4.62. The average Bonchev–Trinajstić information content (AvgIpc) is 2.61. The molecule has 12 nitrogen and oxygen atoms in total. The summed E-state index contributed by atoms with van der Waals surface area (Å²) in [6.07, 6.45) is -1.58. The van der Waals surface area contributed by atoms with Gasteiger partial charge in [0.1, 0.15) is 24.2 Å². The third-order valence-electron chi connectivity index (χ3n) is 3.68. The number of nitrogens with two attached hydrogens (primary N) is 2. The highest BCUT2D eigenvalue weighted by molar-refractivity contribution is 7.80. The highest BCUT2D eigenvalue weighted by Gasteiger charge is 2.29. The fourth-order valence-electron chi connectivity index (χ4n) is 1.88. The third kappa shape index (κ3) is 9.01. The fraction of sp³-hybridized carbons (Fsp3) is 0.667. The zero-order valence-corrected chi connectivity index (χ0v) is 16.4. The van der Waals surface area contributed by atoms with Gasteiger partial charge in [-0.2, -0.15) is 12.6 Å². The number of carboxylic acids is 1. The van der Waals surface area contributed by atoms with E-state index in [4.69, 9.17) is 16.6 Å². The Morgan fingerprint density at radius 1 is 0.964 bits per heavy atom. The van der Waals surface area contributed by atoms with Crippen molar-refractivity contribution in [3.8, 4) is 0 Å². The molecular formula is C15H27N5O7S. The van der Waals surface area contributed by atoms with Crippen molar-refractivity contribution < 1.29 is 34.2 Å². The molecule has 0 aromatic heterocycles. The lowest BCUT2D eigenvalue weighted by molar-refractivity contribution is -0.142. The number of amides is 4. The summed E-state index contributed by atoms with van der Waals surface area (Å²) >= 11 is 3.96. The topological polar surface area (TPSA) is 214 Å². The van der Waals surface area contributed by atoms with Gasteiger partial charge in [0.25, 0.3) is 0 Å². The molecule has 0 fully saturated rings. The molecule has 0 bridgehead atoms. The predicted octanol–water partition coefficient (Wildman–Crippen LogP) is -3.55. The van der Waals surface area contributed by atoms with Gasteiger partial charge in [0.2, 0.25) is 23.6 Å². The largest absolute Gasteiger partial charge is 0.480 e. The van der Waals surface area contributed by atoms with E-state index in [0.717, 1.165) is 0 Å².